The first-order chi connectivity index (χ1) is 9.01. The van der Waals surface area contributed by atoms with Crippen molar-refractivity contribution in [2.75, 3.05) is 11.9 Å². The Balaban J connectivity index is 3.04. The van der Waals surface area contributed by atoms with Gasteiger partial charge in [-0.15, -0.1) is 0 Å². The van der Waals surface area contributed by atoms with Crippen LogP contribution < -0.4 is 0 Å². The minimum atomic E-state index is -5.06. The molecule has 0 saturated heterocycles. The Kier molecular flexibility index (Phi) is 6.34. The zero-order valence-electron chi connectivity index (χ0n) is 11.0. The van der Waals surface area contributed by atoms with E-state index in [4.69, 9.17) is 9.79 Å². The van der Waals surface area contributed by atoms with Gasteiger partial charge in [0.05, 0.1) is 6.16 Å². The molecule has 0 radical (unpaired) electrons. The van der Waals surface area contributed by atoms with Crippen molar-refractivity contribution in [3.63, 3.8) is 0 Å². The lowest BCUT2D eigenvalue weighted by Gasteiger charge is -2.37. The van der Waals surface area contributed by atoms with Crippen LogP contribution in [0.15, 0.2) is 0 Å². The Labute approximate surface area is 123 Å². The van der Waals surface area contributed by atoms with Gasteiger partial charge in [0, 0.05) is 5.92 Å². The minimum absolute atomic E-state index is 0.147. The van der Waals surface area contributed by atoms with Gasteiger partial charge in [0.1, 0.15) is 0 Å². The second kappa shape index (κ2) is 6.80. The van der Waals surface area contributed by atoms with Crippen LogP contribution in [0.2, 0.25) is 0 Å². The van der Waals surface area contributed by atoms with Crippen LogP contribution in [0.25, 0.3) is 0 Å². The molecule has 0 heterocycles. The highest BCUT2D eigenvalue weighted by Gasteiger charge is 2.57. The standard InChI is InChI=1S/C10H22O7P2S/c11-10(19(15,16)17,7-18(12,13)14)9-5-1-3-8(9)4-2-6-20/h8-9,11,20H,1-7H2,(H2,12,13,14)(H2,15,16,17). The van der Waals surface area contributed by atoms with Crippen molar-refractivity contribution < 1.29 is 33.8 Å². The number of hydrogen-bond donors (Lipinski definition) is 6. The summed E-state index contributed by atoms with van der Waals surface area (Å²) in [5.74, 6) is -0.321. The van der Waals surface area contributed by atoms with E-state index in [2.05, 4.69) is 12.6 Å². The summed E-state index contributed by atoms with van der Waals surface area (Å²) in [4.78, 5) is 36.9. The van der Waals surface area contributed by atoms with Crippen molar-refractivity contribution in [1.29, 1.82) is 0 Å². The molecule has 0 aromatic heterocycles. The summed E-state index contributed by atoms with van der Waals surface area (Å²) in [5.41, 5.74) is 0. The minimum Gasteiger partial charge on any atom is -0.377 e. The summed E-state index contributed by atoms with van der Waals surface area (Å²) in [6.45, 7) is 0. The highest BCUT2D eigenvalue weighted by molar-refractivity contribution is 7.80. The predicted octanol–water partition coefficient (Wildman–Crippen LogP) is 1.16. The maximum atomic E-state index is 11.6. The van der Waals surface area contributed by atoms with Crippen LogP contribution in [0.5, 0.6) is 0 Å². The highest BCUT2D eigenvalue weighted by atomic mass is 32.1. The van der Waals surface area contributed by atoms with E-state index in [0.717, 1.165) is 6.42 Å². The van der Waals surface area contributed by atoms with Gasteiger partial charge in [-0.3, -0.25) is 9.13 Å². The van der Waals surface area contributed by atoms with E-state index in [1.54, 1.807) is 0 Å². The zero-order valence-corrected chi connectivity index (χ0v) is 13.7. The fraction of sp³-hybridized carbons (Fsp3) is 1.00. The van der Waals surface area contributed by atoms with Crippen LogP contribution in [0.4, 0.5) is 0 Å². The van der Waals surface area contributed by atoms with Gasteiger partial charge in [-0.1, -0.05) is 12.8 Å². The Bertz CT molecular complexity index is 420. The van der Waals surface area contributed by atoms with E-state index in [-0.39, 0.29) is 5.92 Å². The van der Waals surface area contributed by atoms with Crippen molar-refractivity contribution in [3.8, 4) is 0 Å². The van der Waals surface area contributed by atoms with Crippen LogP contribution in [-0.2, 0) is 9.13 Å². The van der Waals surface area contributed by atoms with Gasteiger partial charge in [0.25, 0.3) is 0 Å². The number of rotatable bonds is 7. The molecule has 0 amide bonds. The van der Waals surface area contributed by atoms with Gasteiger partial charge in [-0.05, 0) is 30.9 Å². The van der Waals surface area contributed by atoms with Gasteiger partial charge in [-0.2, -0.15) is 12.6 Å². The molecular weight excluding hydrogens is 326 g/mol. The lowest BCUT2D eigenvalue weighted by Crippen LogP contribution is -2.43. The van der Waals surface area contributed by atoms with E-state index in [1.807, 2.05) is 0 Å². The Morgan fingerprint density at radius 1 is 1.15 bits per heavy atom. The average Bonchev–Trinajstić information content (AvgIpc) is 2.70. The van der Waals surface area contributed by atoms with Crippen LogP contribution in [0.3, 0.4) is 0 Å². The maximum Gasteiger partial charge on any atom is 0.357 e. The fourth-order valence-electron chi connectivity index (χ4n) is 3.07. The lowest BCUT2D eigenvalue weighted by molar-refractivity contribution is 0.0303. The monoisotopic (exact) mass is 348 g/mol. The fourth-order valence-corrected chi connectivity index (χ4v) is 6.16. The largest absolute Gasteiger partial charge is 0.377 e. The molecule has 5 N–H and O–H groups in total. The third-order valence-corrected chi connectivity index (χ3v) is 6.89. The van der Waals surface area contributed by atoms with Crippen molar-refractivity contribution in [2.45, 2.75) is 37.4 Å². The molecule has 0 aromatic rings. The normalized spacial score (nSPS) is 27.5. The van der Waals surface area contributed by atoms with Crippen molar-refractivity contribution in [2.24, 2.45) is 11.8 Å². The number of aliphatic hydroxyl groups is 1. The first-order valence-electron chi connectivity index (χ1n) is 6.45. The van der Waals surface area contributed by atoms with Crippen LogP contribution >= 0.6 is 27.8 Å². The van der Waals surface area contributed by atoms with Gasteiger partial charge in [-0.25, -0.2) is 0 Å². The smallest absolute Gasteiger partial charge is 0.357 e. The second-order valence-corrected chi connectivity index (χ2v) is 9.36. The van der Waals surface area contributed by atoms with Gasteiger partial charge in [0.15, 0.2) is 5.34 Å². The van der Waals surface area contributed by atoms with Crippen LogP contribution in [0.1, 0.15) is 32.1 Å². The van der Waals surface area contributed by atoms with Gasteiger partial charge in [0.2, 0.25) is 0 Å². The number of hydrogen-bond acceptors (Lipinski definition) is 4. The van der Waals surface area contributed by atoms with E-state index in [1.165, 1.54) is 0 Å². The summed E-state index contributed by atoms with van der Waals surface area (Å²) in [5, 5.41) is 7.73. The van der Waals surface area contributed by atoms with Gasteiger partial charge >= 0.3 is 15.2 Å². The molecule has 1 saturated carbocycles. The molecule has 1 rings (SSSR count). The molecule has 120 valence electrons. The van der Waals surface area contributed by atoms with Crippen LogP contribution in [-0.4, -0.2) is 41.9 Å². The first kappa shape index (κ1) is 18.7. The van der Waals surface area contributed by atoms with Crippen molar-refractivity contribution in [1.82, 2.24) is 0 Å². The highest BCUT2D eigenvalue weighted by Crippen LogP contribution is 2.62. The average molecular weight is 348 g/mol. The summed E-state index contributed by atoms with van der Waals surface area (Å²) < 4.78 is 22.8. The molecule has 20 heavy (non-hydrogen) atoms. The van der Waals surface area contributed by atoms with Crippen molar-refractivity contribution in [3.05, 3.63) is 0 Å². The van der Waals surface area contributed by atoms with Crippen molar-refractivity contribution >= 4 is 27.8 Å². The van der Waals surface area contributed by atoms with Gasteiger partial charge < -0.3 is 24.7 Å². The summed E-state index contributed by atoms with van der Waals surface area (Å²) in [6.07, 6.45) is 1.91. The summed E-state index contributed by atoms with van der Waals surface area (Å²) in [7, 11) is -9.80. The molecule has 3 atom stereocenters. The predicted molar refractivity (Wildman–Crippen MR) is 77.8 cm³/mol. The zero-order chi connectivity index (χ0) is 15.6. The molecule has 0 bridgehead atoms. The molecule has 10 heteroatoms. The third kappa shape index (κ3) is 4.55. The second-order valence-electron chi connectivity index (χ2n) is 5.41. The summed E-state index contributed by atoms with van der Waals surface area (Å²) in [6, 6.07) is 0. The number of thiol groups is 1. The Hall–Kier alpha value is 0.610. The van der Waals surface area contributed by atoms with E-state index >= 15 is 0 Å². The quantitative estimate of drug-likeness (QED) is 0.300. The molecule has 0 aliphatic heterocycles. The third-order valence-electron chi connectivity index (χ3n) is 3.93. The molecule has 1 aliphatic carbocycles. The topological polar surface area (TPSA) is 135 Å². The van der Waals surface area contributed by atoms with E-state index in [0.29, 0.717) is 31.4 Å². The molecule has 0 aromatic carbocycles. The van der Waals surface area contributed by atoms with E-state index < -0.39 is 32.6 Å². The lowest BCUT2D eigenvalue weighted by atomic mass is 9.87. The SMILES string of the molecule is O=P(O)(O)CC(O)(C1CCCC1CCCS)P(=O)(O)O. The van der Waals surface area contributed by atoms with E-state index in [9.17, 15) is 24.0 Å². The molecule has 0 spiro atoms. The van der Waals surface area contributed by atoms with Crippen LogP contribution in [0, 0.1) is 11.8 Å². The first-order valence-corrected chi connectivity index (χ1v) is 10.5. The molecule has 1 fully saturated rings. The maximum absolute atomic E-state index is 11.6. The molecular formula is C10H22O7P2S. The Morgan fingerprint density at radius 2 is 1.75 bits per heavy atom. The molecule has 7 nitrogen and oxygen atoms in total. The Morgan fingerprint density at radius 3 is 2.20 bits per heavy atom. The molecule has 3 unspecified atom stereocenters. The summed E-state index contributed by atoms with van der Waals surface area (Å²) >= 11 is 4.08. The molecule has 1 aliphatic rings.